The summed E-state index contributed by atoms with van der Waals surface area (Å²) in [6.45, 7) is 3.56. The highest BCUT2D eigenvalue weighted by Crippen LogP contribution is 2.19. The zero-order chi connectivity index (χ0) is 13.3. The summed E-state index contributed by atoms with van der Waals surface area (Å²) in [6.07, 6.45) is 0. The minimum absolute atomic E-state index is 0.193. The average molecular weight is 247 g/mol. The Kier molecular flexibility index (Phi) is 3.09. The molecule has 2 rings (SSSR count). The van der Waals surface area contributed by atoms with Gasteiger partial charge in [-0.15, -0.1) is 0 Å². The van der Waals surface area contributed by atoms with Gasteiger partial charge >= 0.3 is 6.03 Å². The van der Waals surface area contributed by atoms with Gasteiger partial charge < -0.3 is 11.1 Å². The number of hydrogen-bond acceptors (Lipinski definition) is 3. The van der Waals surface area contributed by atoms with Crippen LogP contribution in [0.4, 0.5) is 4.79 Å². The van der Waals surface area contributed by atoms with Gasteiger partial charge in [0, 0.05) is 12.6 Å². The smallest absolute Gasteiger partial charge is 0.324 e. The Morgan fingerprint density at radius 1 is 1.28 bits per heavy atom. The van der Waals surface area contributed by atoms with E-state index in [4.69, 9.17) is 5.73 Å². The maximum absolute atomic E-state index is 12.0. The predicted molar refractivity (Wildman–Crippen MR) is 67.7 cm³/mol. The van der Waals surface area contributed by atoms with Crippen LogP contribution in [0.15, 0.2) is 30.3 Å². The Labute approximate surface area is 106 Å². The summed E-state index contributed by atoms with van der Waals surface area (Å²) in [5.74, 6) is -0.237. The van der Waals surface area contributed by atoms with Crippen LogP contribution in [0.25, 0.3) is 0 Å². The molecule has 3 N–H and O–H groups in total. The van der Waals surface area contributed by atoms with E-state index < -0.39 is 5.54 Å². The van der Waals surface area contributed by atoms with Gasteiger partial charge in [0.25, 0.3) is 5.91 Å². The minimum atomic E-state index is -0.840. The Morgan fingerprint density at radius 3 is 2.39 bits per heavy atom. The zero-order valence-electron chi connectivity index (χ0n) is 10.5. The molecule has 0 aromatic heterocycles. The molecular weight excluding hydrogens is 230 g/mol. The highest BCUT2D eigenvalue weighted by Gasteiger charge is 2.44. The third-order valence-electron chi connectivity index (χ3n) is 3.05. The van der Waals surface area contributed by atoms with E-state index in [-0.39, 0.29) is 24.5 Å². The largest absolute Gasteiger partial charge is 0.325 e. The predicted octanol–water partition coefficient (Wildman–Crippen LogP) is 1.02. The molecule has 5 heteroatoms. The van der Waals surface area contributed by atoms with Gasteiger partial charge in [-0.1, -0.05) is 30.3 Å². The van der Waals surface area contributed by atoms with E-state index in [1.807, 2.05) is 30.3 Å². The molecule has 1 aromatic rings. The van der Waals surface area contributed by atoms with Gasteiger partial charge in [0.2, 0.25) is 0 Å². The first-order chi connectivity index (χ1) is 8.42. The van der Waals surface area contributed by atoms with Crippen molar-refractivity contribution in [3.63, 3.8) is 0 Å². The summed E-state index contributed by atoms with van der Waals surface area (Å²) in [7, 11) is 0. The molecule has 1 atom stereocenters. The van der Waals surface area contributed by atoms with Gasteiger partial charge in [-0.2, -0.15) is 0 Å². The van der Waals surface area contributed by atoms with Crippen molar-refractivity contribution in [1.29, 1.82) is 0 Å². The summed E-state index contributed by atoms with van der Waals surface area (Å²) < 4.78 is 0. The van der Waals surface area contributed by atoms with Gasteiger partial charge in [0.1, 0.15) is 5.54 Å². The summed E-state index contributed by atoms with van der Waals surface area (Å²) in [6, 6.07) is 8.68. The third-order valence-corrected chi connectivity index (χ3v) is 3.05. The number of nitrogens with zero attached hydrogens (tertiary/aromatic N) is 1. The van der Waals surface area contributed by atoms with Crippen molar-refractivity contribution in [3.8, 4) is 0 Å². The lowest BCUT2D eigenvalue weighted by Crippen LogP contribution is -2.41. The molecule has 1 fully saturated rings. The van der Waals surface area contributed by atoms with Crippen LogP contribution in [0.1, 0.15) is 25.5 Å². The highest BCUT2D eigenvalue weighted by molar-refractivity contribution is 6.06. The molecule has 1 saturated heterocycles. The molecule has 1 aliphatic rings. The van der Waals surface area contributed by atoms with Crippen LogP contribution in [0, 0.1) is 0 Å². The molecule has 0 radical (unpaired) electrons. The molecule has 3 amide bonds. The number of benzene rings is 1. The van der Waals surface area contributed by atoms with E-state index in [2.05, 4.69) is 5.32 Å². The molecule has 0 bridgehead atoms. The third kappa shape index (κ3) is 2.22. The Balaban J connectivity index is 2.11. The van der Waals surface area contributed by atoms with Crippen molar-refractivity contribution in [2.45, 2.75) is 25.4 Å². The van der Waals surface area contributed by atoms with Crippen LogP contribution >= 0.6 is 0 Å². The van der Waals surface area contributed by atoms with E-state index in [1.54, 1.807) is 13.8 Å². The van der Waals surface area contributed by atoms with E-state index in [9.17, 15) is 9.59 Å². The maximum Gasteiger partial charge on any atom is 0.325 e. The van der Waals surface area contributed by atoms with Gasteiger partial charge in [0.15, 0.2) is 0 Å². The second-order valence-corrected chi connectivity index (χ2v) is 4.99. The summed E-state index contributed by atoms with van der Waals surface area (Å²) >= 11 is 0. The number of imide groups is 1. The van der Waals surface area contributed by atoms with Crippen LogP contribution < -0.4 is 11.1 Å². The van der Waals surface area contributed by atoms with E-state index >= 15 is 0 Å². The molecule has 0 saturated carbocycles. The number of carbonyl (C=O) groups is 2. The number of urea groups is 1. The fraction of sp³-hybridized carbons (Fsp3) is 0.385. The monoisotopic (exact) mass is 247 g/mol. The first-order valence-corrected chi connectivity index (χ1v) is 5.86. The van der Waals surface area contributed by atoms with E-state index in [1.165, 1.54) is 4.90 Å². The quantitative estimate of drug-likeness (QED) is 0.783. The van der Waals surface area contributed by atoms with Crippen LogP contribution in [0.3, 0.4) is 0 Å². The first kappa shape index (κ1) is 12.6. The fourth-order valence-electron chi connectivity index (χ4n) is 1.99. The molecule has 5 nitrogen and oxygen atoms in total. The molecule has 0 aliphatic carbocycles. The molecule has 1 heterocycles. The van der Waals surface area contributed by atoms with Crippen molar-refractivity contribution in [2.24, 2.45) is 5.73 Å². The summed E-state index contributed by atoms with van der Waals surface area (Å²) in [5, 5.41) is 2.63. The first-order valence-electron chi connectivity index (χ1n) is 5.86. The molecule has 1 aliphatic heterocycles. The van der Waals surface area contributed by atoms with Gasteiger partial charge in [0.05, 0.1) is 0 Å². The summed E-state index contributed by atoms with van der Waals surface area (Å²) in [5.41, 5.74) is 6.08. The van der Waals surface area contributed by atoms with Crippen molar-refractivity contribution in [2.75, 3.05) is 6.54 Å². The molecular formula is C13H17N3O2. The number of nitrogens with one attached hydrogen (secondary N) is 1. The molecule has 1 aromatic carbocycles. The van der Waals surface area contributed by atoms with Crippen LogP contribution in [-0.2, 0) is 4.79 Å². The lowest BCUT2D eigenvalue weighted by molar-refractivity contribution is -0.130. The lowest BCUT2D eigenvalue weighted by atomic mass is 10.1. The SMILES string of the molecule is CC1(C)NC(=O)N(CC(N)c2ccccc2)C1=O. The highest BCUT2D eigenvalue weighted by atomic mass is 16.2. The average Bonchev–Trinajstić information content (AvgIpc) is 2.52. The van der Waals surface area contributed by atoms with E-state index in [0.717, 1.165) is 5.56 Å². The second kappa shape index (κ2) is 4.42. The number of hydrogen-bond donors (Lipinski definition) is 2. The van der Waals surface area contributed by atoms with E-state index in [0.29, 0.717) is 0 Å². The fourth-order valence-corrected chi connectivity index (χ4v) is 1.99. The topological polar surface area (TPSA) is 75.4 Å². The number of amides is 3. The van der Waals surface area contributed by atoms with Gasteiger partial charge in [-0.3, -0.25) is 9.69 Å². The molecule has 18 heavy (non-hydrogen) atoms. The lowest BCUT2D eigenvalue weighted by Gasteiger charge is -2.20. The maximum atomic E-state index is 12.0. The number of rotatable bonds is 3. The van der Waals surface area contributed by atoms with Gasteiger partial charge in [-0.05, 0) is 19.4 Å². The Hall–Kier alpha value is -1.88. The Bertz CT molecular complexity index is 470. The normalized spacial score (nSPS) is 19.8. The minimum Gasteiger partial charge on any atom is -0.324 e. The standard InChI is InChI=1S/C13H17N3O2/c1-13(2)11(17)16(12(18)15-13)8-10(14)9-6-4-3-5-7-9/h3-7,10H,8,14H2,1-2H3,(H,15,18). The second-order valence-electron chi connectivity index (χ2n) is 4.99. The molecule has 1 unspecified atom stereocenters. The molecule has 96 valence electrons. The van der Waals surface area contributed by atoms with Crippen LogP contribution in [0.2, 0.25) is 0 Å². The van der Waals surface area contributed by atoms with Crippen molar-refractivity contribution in [3.05, 3.63) is 35.9 Å². The zero-order valence-corrected chi connectivity index (χ0v) is 10.5. The number of nitrogens with two attached hydrogens (primary N) is 1. The van der Waals surface area contributed by atoms with Crippen molar-refractivity contribution in [1.82, 2.24) is 10.2 Å². The van der Waals surface area contributed by atoms with Crippen LogP contribution in [0.5, 0.6) is 0 Å². The molecule has 0 spiro atoms. The van der Waals surface area contributed by atoms with Crippen molar-refractivity contribution < 1.29 is 9.59 Å². The van der Waals surface area contributed by atoms with Crippen molar-refractivity contribution >= 4 is 11.9 Å². The summed E-state index contributed by atoms with van der Waals surface area (Å²) in [4.78, 5) is 24.9. The van der Waals surface area contributed by atoms with Gasteiger partial charge in [-0.25, -0.2) is 4.79 Å². The van der Waals surface area contributed by atoms with Crippen LogP contribution in [-0.4, -0.2) is 28.9 Å². The number of carbonyl (C=O) groups excluding carboxylic acids is 2. The Morgan fingerprint density at radius 2 is 1.89 bits per heavy atom.